The molecular weight excluding hydrogens is 452 g/mol. The first kappa shape index (κ1) is 23.0. The zero-order valence-electron chi connectivity index (χ0n) is 20.1. The van der Waals surface area contributed by atoms with Crippen molar-refractivity contribution < 1.29 is 0 Å². The van der Waals surface area contributed by atoms with Gasteiger partial charge < -0.3 is 15.6 Å². The van der Waals surface area contributed by atoms with Gasteiger partial charge in [-0.3, -0.25) is 10.4 Å². The third-order valence-electron chi connectivity index (χ3n) is 5.99. The van der Waals surface area contributed by atoms with Gasteiger partial charge >= 0.3 is 0 Å². The molecule has 35 heavy (non-hydrogen) atoms. The number of rotatable bonds is 6. The van der Waals surface area contributed by atoms with E-state index in [1.807, 2.05) is 18.3 Å². The predicted molar refractivity (Wildman–Crippen MR) is 147 cm³/mol. The molecule has 0 radical (unpaired) electrons. The molecule has 0 unspecified atom stereocenters. The lowest BCUT2D eigenvalue weighted by molar-refractivity contribution is 0.449. The summed E-state index contributed by atoms with van der Waals surface area (Å²) in [6, 6.07) is 8.22. The van der Waals surface area contributed by atoms with Crippen LogP contribution in [0.4, 0.5) is 5.82 Å². The molecule has 0 saturated carbocycles. The second-order valence-corrected chi connectivity index (χ2v) is 10.3. The van der Waals surface area contributed by atoms with Gasteiger partial charge in [-0.2, -0.15) is 0 Å². The van der Waals surface area contributed by atoms with Gasteiger partial charge in [-0.15, -0.1) is 11.3 Å². The highest BCUT2D eigenvalue weighted by molar-refractivity contribution is 7.15. The highest BCUT2D eigenvalue weighted by atomic mass is 32.1. The molecule has 6 nitrogen and oxygen atoms in total. The van der Waals surface area contributed by atoms with Crippen molar-refractivity contribution in [2.75, 3.05) is 26.4 Å². The first-order valence-corrected chi connectivity index (χ1v) is 12.3. The smallest absolute Gasteiger partial charge is 0.132 e. The maximum absolute atomic E-state index is 8.99. The summed E-state index contributed by atoms with van der Waals surface area (Å²) in [5.74, 6) is 0.342. The van der Waals surface area contributed by atoms with E-state index in [9.17, 15) is 0 Å². The number of anilines is 1. The van der Waals surface area contributed by atoms with Crippen LogP contribution in [0.25, 0.3) is 26.9 Å². The van der Waals surface area contributed by atoms with E-state index in [-0.39, 0.29) is 0 Å². The van der Waals surface area contributed by atoms with Gasteiger partial charge in [-0.05, 0) is 62.9 Å². The van der Waals surface area contributed by atoms with E-state index < -0.39 is 0 Å². The molecule has 0 atom stereocenters. The molecule has 1 aliphatic rings. The molecule has 176 valence electrons. The number of nitrogens with one attached hydrogen (secondary N) is 2. The van der Waals surface area contributed by atoms with Crippen LogP contribution in [0.3, 0.4) is 0 Å². The molecule has 0 fully saturated rings. The number of H-pyrrole nitrogens is 1. The standard InChI is InChI=1S/C28H28N6S/c1-17-8-9-26(35-17)23-14-31-15-25-21(23)12-24(33-25)27(29)22-11-20(13-32-28(22)30)19-7-5-4-6-18(10-19)16-34(2)3/h4,6-15,29,33H,5,16H2,1-3H3,(H2,30,32). The van der Waals surface area contributed by atoms with Crippen LogP contribution in [0, 0.1) is 12.3 Å². The number of thiophene rings is 1. The Bertz CT molecular complexity index is 1520. The van der Waals surface area contributed by atoms with E-state index in [1.165, 1.54) is 10.5 Å². The molecule has 0 saturated heterocycles. The first-order valence-electron chi connectivity index (χ1n) is 11.5. The van der Waals surface area contributed by atoms with Gasteiger partial charge in [-0.25, -0.2) is 4.98 Å². The Hall–Kier alpha value is -3.81. The van der Waals surface area contributed by atoms with Crippen LogP contribution in [-0.2, 0) is 0 Å². The number of aryl methyl sites for hydroxylation is 1. The molecule has 0 bridgehead atoms. The Morgan fingerprint density at radius 1 is 1.20 bits per heavy atom. The number of nitrogens with two attached hydrogens (primary N) is 1. The van der Waals surface area contributed by atoms with Crippen molar-refractivity contribution in [1.82, 2.24) is 19.9 Å². The summed E-state index contributed by atoms with van der Waals surface area (Å²) in [6.07, 6.45) is 15.0. The van der Waals surface area contributed by atoms with Gasteiger partial charge in [0, 0.05) is 50.8 Å². The maximum Gasteiger partial charge on any atom is 0.132 e. The number of nitrogens with zero attached hydrogens (tertiary/aromatic N) is 3. The molecule has 4 heterocycles. The van der Waals surface area contributed by atoms with Crippen LogP contribution in [0.2, 0.25) is 0 Å². The minimum absolute atomic E-state index is 0.311. The van der Waals surface area contributed by atoms with E-state index in [0.717, 1.165) is 45.4 Å². The van der Waals surface area contributed by atoms with E-state index in [4.69, 9.17) is 11.1 Å². The molecule has 0 aromatic carbocycles. The van der Waals surface area contributed by atoms with Gasteiger partial charge in [0.05, 0.1) is 23.1 Å². The highest BCUT2D eigenvalue weighted by Crippen LogP contribution is 2.34. The summed E-state index contributed by atoms with van der Waals surface area (Å²) in [6.45, 7) is 2.95. The van der Waals surface area contributed by atoms with Crippen molar-refractivity contribution in [2.45, 2.75) is 13.3 Å². The monoisotopic (exact) mass is 480 g/mol. The lowest BCUT2D eigenvalue weighted by Gasteiger charge is -2.12. The zero-order valence-corrected chi connectivity index (χ0v) is 20.9. The van der Waals surface area contributed by atoms with E-state index in [0.29, 0.717) is 22.8 Å². The topological polar surface area (TPSA) is 94.7 Å². The lowest BCUT2D eigenvalue weighted by Crippen LogP contribution is -2.14. The second-order valence-electron chi connectivity index (χ2n) is 9.03. The van der Waals surface area contributed by atoms with E-state index in [2.05, 4.69) is 77.3 Å². The molecule has 0 spiro atoms. The molecule has 5 rings (SSSR count). The lowest BCUT2D eigenvalue weighted by atomic mass is 10.00. The first-order chi connectivity index (χ1) is 16.9. The fourth-order valence-electron chi connectivity index (χ4n) is 4.33. The van der Waals surface area contributed by atoms with Gasteiger partial charge in [-0.1, -0.05) is 24.3 Å². The maximum atomic E-state index is 8.99. The molecule has 4 aromatic heterocycles. The fourth-order valence-corrected chi connectivity index (χ4v) is 5.22. The Labute approximate surface area is 209 Å². The number of hydrogen-bond donors (Lipinski definition) is 3. The number of aromatic amines is 1. The van der Waals surface area contributed by atoms with Crippen LogP contribution in [-0.4, -0.2) is 46.2 Å². The zero-order chi connectivity index (χ0) is 24.5. The van der Waals surface area contributed by atoms with Gasteiger partial charge in [0.15, 0.2) is 0 Å². The summed E-state index contributed by atoms with van der Waals surface area (Å²) < 4.78 is 0. The quantitative estimate of drug-likeness (QED) is 0.303. The Kier molecular flexibility index (Phi) is 6.19. The van der Waals surface area contributed by atoms with Gasteiger partial charge in [0.1, 0.15) is 5.82 Å². The third kappa shape index (κ3) is 4.73. The number of fused-ring (bicyclic) bond motifs is 1. The summed E-state index contributed by atoms with van der Waals surface area (Å²) in [5, 5.41) is 10.0. The van der Waals surface area contributed by atoms with Gasteiger partial charge in [0.2, 0.25) is 0 Å². The van der Waals surface area contributed by atoms with Crippen molar-refractivity contribution in [3.63, 3.8) is 0 Å². The Balaban J connectivity index is 1.52. The van der Waals surface area contributed by atoms with Gasteiger partial charge in [0.25, 0.3) is 0 Å². The summed E-state index contributed by atoms with van der Waals surface area (Å²) in [5.41, 5.74) is 13.1. The molecule has 0 amide bonds. The Morgan fingerprint density at radius 3 is 2.83 bits per heavy atom. The number of allylic oxidation sites excluding steroid dienone is 4. The normalized spacial score (nSPS) is 13.7. The van der Waals surface area contributed by atoms with Crippen molar-refractivity contribution >= 4 is 39.3 Å². The molecule has 0 aliphatic heterocycles. The number of aromatic nitrogens is 3. The van der Waals surface area contributed by atoms with Crippen molar-refractivity contribution in [3.05, 3.63) is 94.4 Å². The number of pyridine rings is 2. The van der Waals surface area contributed by atoms with Crippen LogP contribution in [0.5, 0.6) is 0 Å². The van der Waals surface area contributed by atoms with Crippen molar-refractivity contribution in [3.8, 4) is 10.4 Å². The minimum atomic E-state index is 0.311. The average molecular weight is 481 g/mol. The number of hydrogen-bond acceptors (Lipinski definition) is 6. The second kappa shape index (κ2) is 9.44. The number of nitrogen functional groups attached to an aromatic ring is 1. The van der Waals surface area contributed by atoms with Crippen molar-refractivity contribution in [1.29, 1.82) is 5.41 Å². The summed E-state index contributed by atoms with van der Waals surface area (Å²) >= 11 is 1.74. The van der Waals surface area contributed by atoms with Crippen LogP contribution < -0.4 is 5.73 Å². The predicted octanol–water partition coefficient (Wildman–Crippen LogP) is 5.82. The van der Waals surface area contributed by atoms with E-state index in [1.54, 1.807) is 23.7 Å². The van der Waals surface area contributed by atoms with Crippen LogP contribution in [0.15, 0.2) is 72.7 Å². The largest absolute Gasteiger partial charge is 0.383 e. The van der Waals surface area contributed by atoms with Crippen LogP contribution in [0.1, 0.15) is 28.1 Å². The molecule has 1 aliphatic carbocycles. The van der Waals surface area contributed by atoms with E-state index >= 15 is 0 Å². The Morgan fingerprint density at radius 2 is 2.06 bits per heavy atom. The molecule has 7 heteroatoms. The summed E-state index contributed by atoms with van der Waals surface area (Å²) in [7, 11) is 4.13. The average Bonchev–Trinajstić information content (AvgIpc) is 3.39. The highest BCUT2D eigenvalue weighted by Gasteiger charge is 2.17. The summed E-state index contributed by atoms with van der Waals surface area (Å²) in [4.78, 5) is 16.8. The van der Waals surface area contributed by atoms with Crippen molar-refractivity contribution in [2.24, 2.45) is 0 Å². The SMILES string of the molecule is Cc1ccc(-c2cncc3[nH]c(C(=N)c4cc(C5=CCC=CC(CN(C)C)=C5)cnc4N)cc23)s1. The van der Waals surface area contributed by atoms with Crippen LogP contribution >= 0.6 is 11.3 Å². The molecule has 4 aromatic rings. The molecular formula is C28H28N6S. The number of likely N-dealkylation sites (N-methyl/N-ethyl adjacent to an activating group) is 1. The minimum Gasteiger partial charge on any atom is -0.383 e. The third-order valence-corrected chi connectivity index (χ3v) is 7.02. The molecule has 4 N–H and O–H groups in total. The fraction of sp³-hybridized carbons (Fsp3) is 0.179.